The first-order valence-electron chi connectivity index (χ1n) is 7.72. The molecule has 3 aromatic carbocycles. The van der Waals surface area contributed by atoms with Gasteiger partial charge in [0.25, 0.3) is 5.91 Å². The number of nitrogens with one attached hydrogen (secondary N) is 1. The Morgan fingerprint density at radius 3 is 2.46 bits per heavy atom. The smallest absolute Gasteiger partial charge is 0.277 e. The SMILES string of the molecule is CC(=NNC(=O)COc1ccccc1)c1ccc2ccccc2c1. The molecule has 0 aliphatic heterocycles. The molecule has 0 unspecified atom stereocenters. The van der Waals surface area contributed by atoms with E-state index < -0.39 is 0 Å². The van der Waals surface area contributed by atoms with E-state index >= 15 is 0 Å². The molecule has 0 fully saturated rings. The van der Waals surface area contributed by atoms with Gasteiger partial charge in [-0.1, -0.05) is 54.6 Å². The molecule has 0 heterocycles. The second kappa shape index (κ2) is 7.42. The third kappa shape index (κ3) is 3.98. The number of hydrogen-bond donors (Lipinski definition) is 1. The molecule has 120 valence electrons. The molecule has 1 N–H and O–H groups in total. The number of hydrazone groups is 1. The van der Waals surface area contributed by atoms with Crippen molar-refractivity contribution in [3.63, 3.8) is 0 Å². The van der Waals surface area contributed by atoms with Gasteiger partial charge in [0.2, 0.25) is 0 Å². The maximum Gasteiger partial charge on any atom is 0.277 e. The number of nitrogens with zero attached hydrogens (tertiary/aromatic N) is 1. The third-order valence-electron chi connectivity index (χ3n) is 3.63. The number of rotatable bonds is 5. The molecule has 0 radical (unpaired) electrons. The molecule has 1 amide bonds. The Bertz CT molecular complexity index is 873. The van der Waals surface area contributed by atoms with E-state index in [0.717, 1.165) is 16.7 Å². The van der Waals surface area contributed by atoms with Gasteiger partial charge in [-0.15, -0.1) is 0 Å². The molecule has 24 heavy (non-hydrogen) atoms. The lowest BCUT2D eigenvalue weighted by Crippen LogP contribution is -2.25. The van der Waals surface area contributed by atoms with E-state index in [0.29, 0.717) is 5.75 Å². The third-order valence-corrected chi connectivity index (χ3v) is 3.63. The highest BCUT2D eigenvalue weighted by molar-refractivity contribution is 6.02. The van der Waals surface area contributed by atoms with E-state index in [1.165, 1.54) is 5.39 Å². The van der Waals surface area contributed by atoms with Crippen LogP contribution in [0.2, 0.25) is 0 Å². The minimum atomic E-state index is -0.293. The second-order valence-corrected chi connectivity index (χ2v) is 5.40. The van der Waals surface area contributed by atoms with Crippen LogP contribution in [0.5, 0.6) is 5.75 Å². The Kier molecular flexibility index (Phi) is 4.87. The molecular weight excluding hydrogens is 300 g/mol. The minimum absolute atomic E-state index is 0.0709. The summed E-state index contributed by atoms with van der Waals surface area (Å²) >= 11 is 0. The zero-order valence-corrected chi connectivity index (χ0v) is 13.4. The number of amides is 1. The fourth-order valence-corrected chi connectivity index (χ4v) is 2.32. The second-order valence-electron chi connectivity index (χ2n) is 5.40. The van der Waals surface area contributed by atoms with Crippen LogP contribution in [-0.2, 0) is 4.79 Å². The Hall–Kier alpha value is -3.14. The summed E-state index contributed by atoms with van der Waals surface area (Å²) in [5, 5.41) is 6.47. The number of ether oxygens (including phenoxy) is 1. The van der Waals surface area contributed by atoms with E-state index in [4.69, 9.17) is 4.74 Å². The van der Waals surface area contributed by atoms with E-state index in [1.807, 2.05) is 49.4 Å². The summed E-state index contributed by atoms with van der Waals surface area (Å²) in [6, 6.07) is 23.4. The summed E-state index contributed by atoms with van der Waals surface area (Å²) in [7, 11) is 0. The van der Waals surface area contributed by atoms with E-state index in [1.54, 1.807) is 12.1 Å². The molecule has 0 aliphatic rings. The van der Waals surface area contributed by atoms with Crippen LogP contribution in [0.15, 0.2) is 77.9 Å². The highest BCUT2D eigenvalue weighted by Crippen LogP contribution is 2.16. The molecule has 3 rings (SSSR count). The van der Waals surface area contributed by atoms with Crippen molar-refractivity contribution in [1.29, 1.82) is 0 Å². The summed E-state index contributed by atoms with van der Waals surface area (Å²) in [5.74, 6) is 0.363. The minimum Gasteiger partial charge on any atom is -0.484 e. The Morgan fingerprint density at radius 2 is 1.67 bits per heavy atom. The number of fused-ring (bicyclic) bond motifs is 1. The number of benzene rings is 3. The lowest BCUT2D eigenvalue weighted by atomic mass is 10.0. The standard InChI is InChI=1S/C20H18N2O2/c1-15(17-12-11-16-7-5-6-8-18(16)13-17)21-22-20(23)14-24-19-9-3-2-4-10-19/h2-13H,14H2,1H3,(H,22,23). The first kappa shape index (κ1) is 15.7. The molecule has 4 heteroatoms. The summed E-state index contributed by atoms with van der Waals surface area (Å²) in [4.78, 5) is 11.8. The fourth-order valence-electron chi connectivity index (χ4n) is 2.32. The van der Waals surface area contributed by atoms with Gasteiger partial charge in [-0.2, -0.15) is 5.10 Å². The highest BCUT2D eigenvalue weighted by atomic mass is 16.5. The number of hydrogen-bond acceptors (Lipinski definition) is 3. The summed E-state index contributed by atoms with van der Waals surface area (Å²) in [5.41, 5.74) is 4.24. The molecule has 3 aromatic rings. The first-order valence-corrected chi connectivity index (χ1v) is 7.72. The van der Waals surface area contributed by atoms with Crippen molar-refractivity contribution in [1.82, 2.24) is 5.43 Å². The van der Waals surface area contributed by atoms with Gasteiger partial charge in [0.1, 0.15) is 5.75 Å². The van der Waals surface area contributed by atoms with Gasteiger partial charge in [0, 0.05) is 0 Å². The zero-order chi connectivity index (χ0) is 16.8. The molecular formula is C20H18N2O2. The monoisotopic (exact) mass is 318 g/mol. The Balaban J connectivity index is 1.61. The molecule has 0 atom stereocenters. The van der Waals surface area contributed by atoms with Crippen LogP contribution >= 0.6 is 0 Å². The van der Waals surface area contributed by atoms with Crippen LogP contribution < -0.4 is 10.2 Å². The van der Waals surface area contributed by atoms with Crippen LogP contribution in [0.3, 0.4) is 0 Å². The van der Waals surface area contributed by atoms with Crippen LogP contribution in [0.1, 0.15) is 12.5 Å². The van der Waals surface area contributed by atoms with Gasteiger partial charge >= 0.3 is 0 Å². The predicted octanol–water partition coefficient (Wildman–Crippen LogP) is 3.76. The van der Waals surface area contributed by atoms with Crippen LogP contribution in [-0.4, -0.2) is 18.2 Å². The van der Waals surface area contributed by atoms with Gasteiger partial charge in [-0.05, 0) is 41.5 Å². The van der Waals surface area contributed by atoms with Crippen molar-refractivity contribution in [2.75, 3.05) is 6.61 Å². The average molecular weight is 318 g/mol. The van der Waals surface area contributed by atoms with E-state index in [-0.39, 0.29) is 12.5 Å². The van der Waals surface area contributed by atoms with Crippen molar-refractivity contribution in [2.45, 2.75) is 6.92 Å². The quantitative estimate of drug-likeness (QED) is 0.575. The van der Waals surface area contributed by atoms with E-state index in [9.17, 15) is 4.79 Å². The van der Waals surface area contributed by atoms with Crippen LogP contribution in [0.4, 0.5) is 0 Å². The highest BCUT2D eigenvalue weighted by Gasteiger charge is 2.03. The summed E-state index contributed by atoms with van der Waals surface area (Å²) in [6.45, 7) is 1.79. The lowest BCUT2D eigenvalue weighted by Gasteiger charge is -2.06. The molecule has 0 spiro atoms. The van der Waals surface area contributed by atoms with Crippen molar-refractivity contribution < 1.29 is 9.53 Å². The normalized spacial score (nSPS) is 11.3. The molecule has 0 aromatic heterocycles. The van der Waals surface area contributed by atoms with Gasteiger partial charge in [0.15, 0.2) is 6.61 Å². The number of carbonyl (C=O) groups excluding carboxylic acids is 1. The van der Waals surface area contributed by atoms with Crippen LogP contribution in [0, 0.1) is 0 Å². The zero-order valence-electron chi connectivity index (χ0n) is 13.4. The largest absolute Gasteiger partial charge is 0.484 e. The number of carbonyl (C=O) groups is 1. The van der Waals surface area contributed by atoms with Gasteiger partial charge < -0.3 is 4.74 Å². The maximum absolute atomic E-state index is 11.8. The van der Waals surface area contributed by atoms with Crippen molar-refractivity contribution in [3.05, 3.63) is 78.4 Å². The van der Waals surface area contributed by atoms with Crippen molar-refractivity contribution in [3.8, 4) is 5.75 Å². The maximum atomic E-state index is 11.8. The van der Waals surface area contributed by atoms with Crippen molar-refractivity contribution in [2.24, 2.45) is 5.10 Å². The molecule has 0 aliphatic carbocycles. The van der Waals surface area contributed by atoms with Gasteiger partial charge in [-0.3, -0.25) is 4.79 Å². The van der Waals surface area contributed by atoms with E-state index in [2.05, 4.69) is 28.7 Å². The molecule has 0 bridgehead atoms. The fraction of sp³-hybridized carbons (Fsp3) is 0.100. The Labute approximate surface area is 140 Å². The van der Waals surface area contributed by atoms with Gasteiger partial charge in [-0.25, -0.2) is 5.43 Å². The van der Waals surface area contributed by atoms with Crippen LogP contribution in [0.25, 0.3) is 10.8 Å². The summed E-state index contributed by atoms with van der Waals surface area (Å²) < 4.78 is 5.38. The Morgan fingerprint density at radius 1 is 0.958 bits per heavy atom. The average Bonchev–Trinajstić information content (AvgIpc) is 2.65. The van der Waals surface area contributed by atoms with Gasteiger partial charge in [0.05, 0.1) is 5.71 Å². The topological polar surface area (TPSA) is 50.7 Å². The molecule has 4 nitrogen and oxygen atoms in total. The molecule has 0 saturated heterocycles. The summed E-state index contributed by atoms with van der Waals surface area (Å²) in [6.07, 6.45) is 0. The number of para-hydroxylation sites is 1. The first-order chi connectivity index (χ1) is 11.7. The van der Waals surface area contributed by atoms with Crippen molar-refractivity contribution >= 4 is 22.4 Å². The predicted molar refractivity (Wildman–Crippen MR) is 96.2 cm³/mol. The molecule has 0 saturated carbocycles. The lowest BCUT2D eigenvalue weighted by molar-refractivity contribution is -0.123.